The quantitative estimate of drug-likeness (QED) is 0.397. The minimum Gasteiger partial charge on any atom is -0.465 e. The van der Waals surface area contributed by atoms with E-state index < -0.39 is 0 Å². The maximum atomic E-state index is 12.7. The number of benzene rings is 1. The van der Waals surface area contributed by atoms with Gasteiger partial charge in [0.2, 0.25) is 5.91 Å². The van der Waals surface area contributed by atoms with Crippen LogP contribution in [0.1, 0.15) is 46.1 Å². The van der Waals surface area contributed by atoms with Gasteiger partial charge in [-0.3, -0.25) is 4.79 Å². The van der Waals surface area contributed by atoms with Crippen LogP contribution in [0.25, 0.3) is 11.4 Å². The molecule has 0 fully saturated rings. The van der Waals surface area contributed by atoms with Gasteiger partial charge in [0.15, 0.2) is 11.0 Å². The molecule has 168 valence electrons. The Labute approximate surface area is 195 Å². The summed E-state index contributed by atoms with van der Waals surface area (Å²) in [5.41, 5.74) is 3.71. The van der Waals surface area contributed by atoms with E-state index in [1.807, 2.05) is 36.6 Å². The Hall–Kier alpha value is -2.65. The van der Waals surface area contributed by atoms with Gasteiger partial charge in [-0.05, 0) is 51.2 Å². The summed E-state index contributed by atoms with van der Waals surface area (Å²) in [6.45, 7) is 4.77. The summed E-state index contributed by atoms with van der Waals surface area (Å²) in [4.78, 5) is 26.3. The SMILES string of the molecule is CCn1c(SCC(=O)Nc2sc3c(c2C(=O)OC)CCCC3)nnc1-c1cccc(C)c1. The molecule has 1 aliphatic rings. The van der Waals surface area contributed by atoms with E-state index in [1.54, 1.807) is 0 Å². The van der Waals surface area contributed by atoms with E-state index in [2.05, 4.69) is 21.6 Å². The molecule has 32 heavy (non-hydrogen) atoms. The maximum absolute atomic E-state index is 12.7. The van der Waals surface area contributed by atoms with Crippen LogP contribution in [0.15, 0.2) is 29.4 Å². The molecule has 9 heteroatoms. The summed E-state index contributed by atoms with van der Waals surface area (Å²) in [5, 5.41) is 12.9. The highest BCUT2D eigenvalue weighted by atomic mass is 32.2. The molecule has 1 aliphatic carbocycles. The van der Waals surface area contributed by atoms with Gasteiger partial charge in [-0.1, -0.05) is 35.5 Å². The average molecular weight is 471 g/mol. The number of rotatable bonds is 7. The lowest BCUT2D eigenvalue weighted by Crippen LogP contribution is -2.17. The summed E-state index contributed by atoms with van der Waals surface area (Å²) in [6, 6.07) is 8.13. The van der Waals surface area contributed by atoms with Crippen molar-refractivity contribution in [2.45, 2.75) is 51.2 Å². The van der Waals surface area contributed by atoms with Crippen LogP contribution in [0.3, 0.4) is 0 Å². The molecule has 1 N–H and O–H groups in total. The Morgan fingerprint density at radius 1 is 1.25 bits per heavy atom. The number of ether oxygens (including phenoxy) is 1. The van der Waals surface area contributed by atoms with E-state index in [9.17, 15) is 9.59 Å². The van der Waals surface area contributed by atoms with Gasteiger partial charge in [0.1, 0.15) is 5.00 Å². The fraction of sp³-hybridized carbons (Fsp3) is 0.391. The van der Waals surface area contributed by atoms with Gasteiger partial charge in [0, 0.05) is 17.0 Å². The van der Waals surface area contributed by atoms with Crippen LogP contribution in [-0.2, 0) is 28.9 Å². The average Bonchev–Trinajstić information content (AvgIpc) is 3.37. The molecule has 2 aromatic heterocycles. The van der Waals surface area contributed by atoms with Gasteiger partial charge >= 0.3 is 5.97 Å². The van der Waals surface area contributed by atoms with Crippen LogP contribution in [0.4, 0.5) is 5.00 Å². The molecular weight excluding hydrogens is 444 g/mol. The molecule has 0 atom stereocenters. The predicted octanol–water partition coefficient (Wildman–Crippen LogP) is 4.73. The number of anilines is 1. The maximum Gasteiger partial charge on any atom is 0.341 e. The smallest absolute Gasteiger partial charge is 0.341 e. The van der Waals surface area contributed by atoms with Gasteiger partial charge in [-0.25, -0.2) is 4.79 Å². The summed E-state index contributed by atoms with van der Waals surface area (Å²) in [7, 11) is 1.38. The van der Waals surface area contributed by atoms with Gasteiger partial charge < -0.3 is 14.6 Å². The van der Waals surface area contributed by atoms with Crippen molar-refractivity contribution in [3.8, 4) is 11.4 Å². The molecule has 0 spiro atoms. The van der Waals surface area contributed by atoms with Crippen molar-refractivity contribution in [2.75, 3.05) is 18.2 Å². The third kappa shape index (κ3) is 4.59. The fourth-order valence-electron chi connectivity index (χ4n) is 3.94. The van der Waals surface area contributed by atoms with Gasteiger partial charge in [-0.15, -0.1) is 21.5 Å². The Morgan fingerprint density at radius 2 is 2.06 bits per heavy atom. The minimum atomic E-state index is -0.388. The van der Waals surface area contributed by atoms with E-state index in [1.165, 1.54) is 35.1 Å². The molecular formula is C23H26N4O3S2. The Balaban J connectivity index is 1.48. The zero-order valence-electron chi connectivity index (χ0n) is 18.4. The molecule has 4 rings (SSSR count). The number of amides is 1. The zero-order chi connectivity index (χ0) is 22.7. The second-order valence-corrected chi connectivity index (χ2v) is 9.71. The number of hydrogen-bond acceptors (Lipinski definition) is 7. The van der Waals surface area contributed by atoms with Crippen molar-refractivity contribution in [3.63, 3.8) is 0 Å². The van der Waals surface area contributed by atoms with E-state index in [4.69, 9.17) is 4.74 Å². The van der Waals surface area contributed by atoms with Crippen LogP contribution in [-0.4, -0.2) is 39.5 Å². The summed E-state index contributed by atoms with van der Waals surface area (Å²) in [5.74, 6) is 0.398. The highest BCUT2D eigenvalue weighted by Gasteiger charge is 2.27. The topological polar surface area (TPSA) is 86.1 Å². The molecule has 0 bridgehead atoms. The molecule has 0 unspecified atom stereocenters. The lowest BCUT2D eigenvalue weighted by molar-refractivity contribution is -0.113. The molecule has 0 saturated carbocycles. The Bertz CT molecular complexity index is 1150. The van der Waals surface area contributed by atoms with E-state index in [0.717, 1.165) is 48.2 Å². The minimum absolute atomic E-state index is 0.176. The third-order valence-corrected chi connectivity index (χ3v) is 7.63. The van der Waals surface area contributed by atoms with Gasteiger partial charge in [0.05, 0.1) is 18.4 Å². The van der Waals surface area contributed by atoms with Crippen molar-refractivity contribution < 1.29 is 14.3 Å². The number of hydrogen-bond donors (Lipinski definition) is 1. The van der Waals surface area contributed by atoms with Crippen LogP contribution in [0.5, 0.6) is 0 Å². The van der Waals surface area contributed by atoms with Crippen molar-refractivity contribution >= 4 is 40.0 Å². The monoisotopic (exact) mass is 470 g/mol. The standard InChI is InChI=1S/C23H26N4O3S2/c1-4-27-20(15-9-7-8-14(2)12-15)25-26-23(27)31-13-18(28)24-21-19(22(29)30-3)16-10-5-6-11-17(16)32-21/h7-9,12H,4-6,10-11,13H2,1-3H3,(H,24,28). The second kappa shape index (κ2) is 9.87. The first-order chi connectivity index (χ1) is 15.5. The number of aryl methyl sites for hydroxylation is 2. The summed E-state index contributed by atoms with van der Waals surface area (Å²) in [6.07, 6.45) is 3.94. The Morgan fingerprint density at radius 3 is 2.81 bits per heavy atom. The van der Waals surface area contributed by atoms with Crippen LogP contribution >= 0.6 is 23.1 Å². The number of carbonyl (C=O) groups excluding carboxylic acids is 2. The lowest BCUT2D eigenvalue weighted by Gasteiger charge is -2.11. The number of nitrogens with zero attached hydrogens (tertiary/aromatic N) is 3. The first kappa shape index (κ1) is 22.5. The molecule has 7 nitrogen and oxygen atoms in total. The van der Waals surface area contributed by atoms with Crippen molar-refractivity contribution in [1.29, 1.82) is 0 Å². The number of thioether (sulfide) groups is 1. The first-order valence-electron chi connectivity index (χ1n) is 10.7. The van der Waals surface area contributed by atoms with E-state index in [-0.39, 0.29) is 17.6 Å². The van der Waals surface area contributed by atoms with Crippen molar-refractivity contribution in [1.82, 2.24) is 14.8 Å². The number of esters is 1. The van der Waals surface area contributed by atoms with Crippen LogP contribution in [0.2, 0.25) is 0 Å². The van der Waals surface area contributed by atoms with Crippen molar-refractivity contribution in [2.24, 2.45) is 0 Å². The van der Waals surface area contributed by atoms with Crippen LogP contribution < -0.4 is 5.32 Å². The summed E-state index contributed by atoms with van der Waals surface area (Å²) < 4.78 is 7.00. The highest BCUT2D eigenvalue weighted by Crippen LogP contribution is 2.38. The molecule has 0 saturated heterocycles. The summed E-state index contributed by atoms with van der Waals surface area (Å²) >= 11 is 2.83. The van der Waals surface area contributed by atoms with Crippen LogP contribution in [0, 0.1) is 6.92 Å². The second-order valence-electron chi connectivity index (χ2n) is 7.66. The van der Waals surface area contributed by atoms with Gasteiger partial charge in [-0.2, -0.15) is 0 Å². The predicted molar refractivity (Wildman–Crippen MR) is 128 cm³/mol. The van der Waals surface area contributed by atoms with E-state index >= 15 is 0 Å². The number of fused-ring (bicyclic) bond motifs is 1. The molecule has 0 radical (unpaired) electrons. The normalized spacial score (nSPS) is 13.0. The van der Waals surface area contributed by atoms with Gasteiger partial charge in [0.25, 0.3) is 0 Å². The third-order valence-electron chi connectivity index (χ3n) is 5.46. The zero-order valence-corrected chi connectivity index (χ0v) is 20.1. The highest BCUT2D eigenvalue weighted by molar-refractivity contribution is 7.99. The fourth-order valence-corrected chi connectivity index (χ4v) is 6.04. The molecule has 0 aliphatic heterocycles. The molecule has 3 aromatic rings. The molecule has 1 aromatic carbocycles. The number of aromatic nitrogens is 3. The number of nitrogens with one attached hydrogen (secondary N) is 1. The Kier molecular flexibility index (Phi) is 6.95. The first-order valence-corrected chi connectivity index (χ1v) is 12.5. The van der Waals surface area contributed by atoms with E-state index in [0.29, 0.717) is 22.3 Å². The molecule has 2 heterocycles. The lowest BCUT2D eigenvalue weighted by atomic mass is 9.95. The van der Waals surface area contributed by atoms with Crippen molar-refractivity contribution in [3.05, 3.63) is 45.8 Å². The molecule has 1 amide bonds. The number of thiophene rings is 1. The number of carbonyl (C=O) groups is 2. The largest absolute Gasteiger partial charge is 0.465 e. The number of methoxy groups -OCH3 is 1.